The van der Waals surface area contributed by atoms with Crippen molar-refractivity contribution in [1.82, 2.24) is 15.1 Å². The van der Waals surface area contributed by atoms with Crippen LogP contribution in [0.4, 0.5) is 5.69 Å². The maximum absolute atomic E-state index is 12.4. The Labute approximate surface area is 180 Å². The summed E-state index contributed by atoms with van der Waals surface area (Å²) in [6, 6.07) is 13.2. The van der Waals surface area contributed by atoms with Crippen molar-refractivity contribution in [3.05, 3.63) is 53.1 Å². The molecule has 1 unspecified atom stereocenters. The fourth-order valence-corrected chi connectivity index (χ4v) is 3.90. The summed E-state index contributed by atoms with van der Waals surface area (Å²) in [6.45, 7) is 2.44. The minimum Gasteiger partial charge on any atom is -0.454 e. The predicted molar refractivity (Wildman–Crippen MR) is 117 cm³/mol. The van der Waals surface area contributed by atoms with Crippen LogP contribution in [-0.4, -0.2) is 72.5 Å². The van der Waals surface area contributed by atoms with Crippen LogP contribution in [0.3, 0.4) is 0 Å². The highest BCUT2D eigenvalue weighted by atomic mass is 35.5. The van der Waals surface area contributed by atoms with Gasteiger partial charge in [-0.25, -0.2) is 4.99 Å². The van der Waals surface area contributed by atoms with Crippen LogP contribution in [0.1, 0.15) is 12.0 Å². The number of nitrogens with zero attached hydrogens (tertiary/aromatic N) is 3. The SMILES string of the molecule is CN(CCO)C(=O)CC1CN(C2=Nc3cc(Cl)ccc3Oc3ccccc32)CCN1. The number of amidine groups is 1. The van der Waals surface area contributed by atoms with Crippen molar-refractivity contribution in [2.45, 2.75) is 12.5 Å². The number of amides is 1. The largest absolute Gasteiger partial charge is 0.454 e. The monoisotopic (exact) mass is 428 g/mol. The second kappa shape index (κ2) is 9.04. The average molecular weight is 429 g/mol. The first-order chi connectivity index (χ1) is 14.5. The first-order valence-corrected chi connectivity index (χ1v) is 10.4. The summed E-state index contributed by atoms with van der Waals surface area (Å²) in [5, 5.41) is 13.1. The number of carbonyl (C=O) groups is 1. The van der Waals surface area contributed by atoms with Crippen LogP contribution in [-0.2, 0) is 4.79 Å². The number of para-hydroxylation sites is 1. The fourth-order valence-electron chi connectivity index (χ4n) is 3.73. The van der Waals surface area contributed by atoms with Gasteiger partial charge in [-0.1, -0.05) is 23.7 Å². The van der Waals surface area contributed by atoms with Crippen molar-refractivity contribution in [3.8, 4) is 11.5 Å². The third kappa shape index (κ3) is 4.43. The molecule has 1 saturated heterocycles. The van der Waals surface area contributed by atoms with Gasteiger partial charge >= 0.3 is 0 Å². The van der Waals surface area contributed by atoms with Gasteiger partial charge in [0.15, 0.2) is 5.75 Å². The van der Waals surface area contributed by atoms with Crippen molar-refractivity contribution in [1.29, 1.82) is 0 Å². The minimum atomic E-state index is -0.0397. The van der Waals surface area contributed by atoms with E-state index in [2.05, 4.69) is 10.2 Å². The van der Waals surface area contributed by atoms with Gasteiger partial charge in [0.25, 0.3) is 0 Å². The third-order valence-electron chi connectivity index (χ3n) is 5.33. The van der Waals surface area contributed by atoms with E-state index in [1.807, 2.05) is 30.3 Å². The first-order valence-electron chi connectivity index (χ1n) is 10.0. The Kier molecular flexibility index (Phi) is 6.22. The number of hydrogen-bond acceptors (Lipinski definition) is 6. The van der Waals surface area contributed by atoms with Gasteiger partial charge in [-0.3, -0.25) is 4.79 Å². The summed E-state index contributed by atoms with van der Waals surface area (Å²) in [7, 11) is 1.71. The molecule has 0 aliphatic carbocycles. The molecule has 4 rings (SSSR count). The lowest BCUT2D eigenvalue weighted by atomic mass is 10.1. The molecular formula is C22H25ClN4O3. The van der Waals surface area contributed by atoms with Gasteiger partial charge in [-0.05, 0) is 30.3 Å². The maximum atomic E-state index is 12.4. The lowest BCUT2D eigenvalue weighted by Gasteiger charge is -2.36. The van der Waals surface area contributed by atoms with Crippen LogP contribution in [0.2, 0.25) is 5.02 Å². The number of likely N-dealkylation sites (N-methyl/N-ethyl adjacent to an activating group) is 1. The van der Waals surface area contributed by atoms with Crippen molar-refractivity contribution >= 4 is 29.0 Å². The molecule has 0 radical (unpaired) electrons. The van der Waals surface area contributed by atoms with Crippen molar-refractivity contribution in [3.63, 3.8) is 0 Å². The summed E-state index contributed by atoms with van der Waals surface area (Å²) in [4.78, 5) is 21.1. The molecule has 2 aliphatic heterocycles. The predicted octanol–water partition coefficient (Wildman–Crippen LogP) is 2.64. The van der Waals surface area contributed by atoms with E-state index >= 15 is 0 Å². The van der Waals surface area contributed by atoms with Gasteiger partial charge in [-0.15, -0.1) is 0 Å². The Bertz CT molecular complexity index is 965. The molecule has 2 N–H and O–H groups in total. The van der Waals surface area contributed by atoms with Crippen molar-refractivity contribution in [2.75, 3.05) is 39.8 Å². The molecule has 30 heavy (non-hydrogen) atoms. The lowest BCUT2D eigenvalue weighted by Crippen LogP contribution is -2.54. The van der Waals surface area contributed by atoms with Crippen molar-refractivity contribution < 1.29 is 14.6 Å². The van der Waals surface area contributed by atoms with Gasteiger partial charge in [0.2, 0.25) is 5.91 Å². The number of hydrogen-bond donors (Lipinski definition) is 2. The highest BCUT2D eigenvalue weighted by Gasteiger charge is 2.28. The molecule has 0 aromatic heterocycles. The summed E-state index contributed by atoms with van der Waals surface area (Å²) in [6.07, 6.45) is 0.362. The molecule has 2 aromatic rings. The molecule has 0 saturated carbocycles. The standard InChI is InChI=1S/C22H25ClN4O3/c1-26(10-11-28)21(29)13-16-14-27(9-8-24-16)22-17-4-2-3-5-19(17)30-20-7-6-15(23)12-18(20)25-22/h2-7,12,16,24,28H,8-11,13-14H2,1H3. The summed E-state index contributed by atoms with van der Waals surface area (Å²) < 4.78 is 6.13. The van der Waals surface area contributed by atoms with Gasteiger partial charge in [0, 0.05) is 50.7 Å². The summed E-state index contributed by atoms with van der Waals surface area (Å²) >= 11 is 6.20. The Morgan fingerprint density at radius 1 is 1.33 bits per heavy atom. The molecule has 158 valence electrons. The minimum absolute atomic E-state index is 0.00654. The highest BCUT2D eigenvalue weighted by molar-refractivity contribution is 6.31. The second-order valence-corrected chi connectivity index (χ2v) is 7.92. The Balaban J connectivity index is 1.62. The number of rotatable bonds is 4. The molecule has 0 spiro atoms. The smallest absolute Gasteiger partial charge is 0.224 e. The van der Waals surface area contributed by atoms with Gasteiger partial charge in [0.05, 0.1) is 12.2 Å². The maximum Gasteiger partial charge on any atom is 0.224 e. The highest BCUT2D eigenvalue weighted by Crippen LogP contribution is 2.39. The number of aliphatic hydroxyl groups is 1. The van der Waals surface area contributed by atoms with E-state index in [4.69, 9.17) is 26.4 Å². The molecule has 2 aromatic carbocycles. The number of aliphatic imine (C=N–C) groups is 1. The topological polar surface area (TPSA) is 77.4 Å². The van der Waals surface area contributed by atoms with Gasteiger partial charge < -0.3 is 25.0 Å². The summed E-state index contributed by atoms with van der Waals surface area (Å²) in [5.74, 6) is 2.22. The lowest BCUT2D eigenvalue weighted by molar-refractivity contribution is -0.131. The Hall–Kier alpha value is -2.61. The third-order valence-corrected chi connectivity index (χ3v) is 5.57. The zero-order chi connectivity index (χ0) is 21.1. The molecule has 1 fully saturated rings. The molecule has 8 heteroatoms. The van der Waals surface area contributed by atoms with E-state index in [1.165, 1.54) is 0 Å². The summed E-state index contributed by atoms with van der Waals surface area (Å²) in [5.41, 5.74) is 1.59. The van der Waals surface area contributed by atoms with E-state index in [9.17, 15) is 4.79 Å². The van der Waals surface area contributed by atoms with Crippen molar-refractivity contribution in [2.24, 2.45) is 4.99 Å². The quantitative estimate of drug-likeness (QED) is 0.782. The number of ether oxygens (including phenoxy) is 1. The number of nitrogens with one attached hydrogen (secondary N) is 1. The van der Waals surface area contributed by atoms with Gasteiger partial charge in [0.1, 0.15) is 17.3 Å². The molecule has 2 heterocycles. The number of aliphatic hydroxyl groups excluding tert-OH is 1. The number of carbonyl (C=O) groups excluding carboxylic acids is 1. The van der Waals surface area contributed by atoms with E-state index in [-0.39, 0.29) is 18.6 Å². The molecule has 7 nitrogen and oxygen atoms in total. The molecule has 1 amide bonds. The Morgan fingerprint density at radius 3 is 3.00 bits per heavy atom. The van der Waals surface area contributed by atoms with Crippen LogP contribution >= 0.6 is 11.6 Å². The number of piperazine rings is 1. The van der Waals surface area contributed by atoms with Crippen LogP contribution in [0.25, 0.3) is 0 Å². The van der Waals surface area contributed by atoms with Crippen LogP contribution in [0.5, 0.6) is 11.5 Å². The fraction of sp³-hybridized carbons (Fsp3) is 0.364. The molecule has 0 bridgehead atoms. The van der Waals surface area contributed by atoms with Crippen LogP contribution in [0.15, 0.2) is 47.5 Å². The van der Waals surface area contributed by atoms with Gasteiger partial charge in [-0.2, -0.15) is 0 Å². The zero-order valence-corrected chi connectivity index (χ0v) is 17.6. The average Bonchev–Trinajstić information content (AvgIpc) is 2.90. The van der Waals surface area contributed by atoms with E-state index < -0.39 is 0 Å². The first kappa shape index (κ1) is 20.7. The zero-order valence-electron chi connectivity index (χ0n) is 16.8. The molecule has 2 aliphatic rings. The Morgan fingerprint density at radius 2 is 2.17 bits per heavy atom. The van der Waals surface area contributed by atoms with E-state index in [1.54, 1.807) is 24.1 Å². The molecular weight excluding hydrogens is 404 g/mol. The molecule has 1 atom stereocenters. The number of halogens is 1. The number of benzene rings is 2. The van der Waals surface area contributed by atoms with E-state index in [0.29, 0.717) is 36.0 Å². The second-order valence-electron chi connectivity index (χ2n) is 7.49. The van der Waals surface area contributed by atoms with Crippen LogP contribution in [0, 0.1) is 0 Å². The van der Waals surface area contributed by atoms with E-state index in [0.717, 1.165) is 30.2 Å². The number of fused-ring (bicyclic) bond motifs is 2. The normalized spacial score (nSPS) is 17.9. The van der Waals surface area contributed by atoms with Crippen LogP contribution < -0.4 is 10.1 Å².